The fourth-order valence-electron chi connectivity index (χ4n) is 1.50. The molecule has 5 heteroatoms. The molecule has 1 amide bonds. The van der Waals surface area contributed by atoms with Crippen molar-refractivity contribution in [2.45, 2.75) is 13.8 Å². The SMILES string of the molecule is Cc1cc(C)cc(NC(=O)CSC(=S)N(C)C)c1. The van der Waals surface area contributed by atoms with E-state index in [2.05, 4.69) is 11.4 Å². The van der Waals surface area contributed by atoms with E-state index in [-0.39, 0.29) is 5.91 Å². The minimum atomic E-state index is -0.0331. The molecule has 1 aromatic carbocycles. The number of aryl methyl sites for hydroxylation is 2. The molecule has 0 radical (unpaired) electrons. The number of amides is 1. The minimum Gasteiger partial charge on any atom is -0.364 e. The monoisotopic (exact) mass is 282 g/mol. The lowest BCUT2D eigenvalue weighted by atomic mass is 10.1. The van der Waals surface area contributed by atoms with Crippen LogP contribution in [0.25, 0.3) is 0 Å². The van der Waals surface area contributed by atoms with Crippen LogP contribution in [-0.4, -0.2) is 35.0 Å². The summed E-state index contributed by atoms with van der Waals surface area (Å²) in [6.45, 7) is 4.02. The molecule has 0 unspecified atom stereocenters. The Hall–Kier alpha value is -1.07. The lowest BCUT2D eigenvalue weighted by molar-refractivity contribution is -0.113. The lowest BCUT2D eigenvalue weighted by Gasteiger charge is -2.12. The number of anilines is 1. The molecule has 3 nitrogen and oxygen atoms in total. The third kappa shape index (κ3) is 5.06. The Bertz CT molecular complexity index is 438. The predicted octanol–water partition coefficient (Wildman–Crippen LogP) is 2.82. The van der Waals surface area contributed by atoms with Gasteiger partial charge in [0, 0.05) is 19.8 Å². The largest absolute Gasteiger partial charge is 0.364 e. The van der Waals surface area contributed by atoms with Crippen LogP contribution in [-0.2, 0) is 4.79 Å². The average Bonchev–Trinajstić information content (AvgIpc) is 2.24. The Morgan fingerprint density at radius 2 is 1.83 bits per heavy atom. The molecule has 0 aliphatic heterocycles. The summed E-state index contributed by atoms with van der Waals surface area (Å²) in [7, 11) is 3.74. The molecule has 0 saturated carbocycles. The standard InChI is InChI=1S/C13H18N2OS2/c1-9-5-10(2)7-11(6-9)14-12(16)8-18-13(17)15(3)4/h5-7H,8H2,1-4H3,(H,14,16). The molecule has 0 aromatic heterocycles. The second-order valence-electron chi connectivity index (χ2n) is 4.37. The van der Waals surface area contributed by atoms with Crippen molar-refractivity contribution in [1.82, 2.24) is 4.90 Å². The zero-order valence-corrected chi connectivity index (χ0v) is 12.7. The van der Waals surface area contributed by atoms with Gasteiger partial charge < -0.3 is 10.2 Å². The minimum absolute atomic E-state index is 0.0331. The number of carbonyl (C=O) groups is 1. The molecule has 0 aliphatic rings. The van der Waals surface area contributed by atoms with Gasteiger partial charge in [0.25, 0.3) is 0 Å². The third-order valence-corrected chi connectivity index (χ3v) is 3.93. The third-order valence-electron chi connectivity index (χ3n) is 2.20. The molecule has 98 valence electrons. The van der Waals surface area contributed by atoms with Gasteiger partial charge in [0.15, 0.2) is 0 Å². The van der Waals surface area contributed by atoms with Crippen LogP contribution in [0.2, 0.25) is 0 Å². The zero-order chi connectivity index (χ0) is 13.7. The van der Waals surface area contributed by atoms with Crippen LogP contribution >= 0.6 is 24.0 Å². The molecule has 0 aliphatic carbocycles. The molecule has 0 spiro atoms. The van der Waals surface area contributed by atoms with Crippen LogP contribution < -0.4 is 5.32 Å². The Morgan fingerprint density at radius 3 is 2.33 bits per heavy atom. The van der Waals surface area contributed by atoms with Crippen molar-refractivity contribution in [3.05, 3.63) is 29.3 Å². The number of nitrogens with zero attached hydrogens (tertiary/aromatic N) is 1. The van der Waals surface area contributed by atoms with Crippen molar-refractivity contribution in [2.75, 3.05) is 25.2 Å². The highest BCUT2D eigenvalue weighted by atomic mass is 32.2. The summed E-state index contributed by atoms with van der Waals surface area (Å²) in [5, 5.41) is 2.88. The first-order valence-electron chi connectivity index (χ1n) is 5.60. The second kappa shape index (κ2) is 6.75. The Labute approximate surface area is 118 Å². The highest BCUT2D eigenvalue weighted by Crippen LogP contribution is 2.14. The average molecular weight is 282 g/mol. The van der Waals surface area contributed by atoms with Crippen LogP contribution in [0, 0.1) is 13.8 Å². The van der Waals surface area contributed by atoms with E-state index >= 15 is 0 Å². The lowest BCUT2D eigenvalue weighted by Crippen LogP contribution is -2.20. The molecule has 0 saturated heterocycles. The van der Waals surface area contributed by atoms with Crippen LogP contribution in [0.1, 0.15) is 11.1 Å². The highest BCUT2D eigenvalue weighted by Gasteiger charge is 2.07. The van der Waals surface area contributed by atoms with Crippen molar-refractivity contribution in [2.24, 2.45) is 0 Å². The van der Waals surface area contributed by atoms with E-state index in [9.17, 15) is 4.79 Å². The molecule has 0 fully saturated rings. The predicted molar refractivity (Wildman–Crippen MR) is 83.3 cm³/mol. The van der Waals surface area contributed by atoms with Gasteiger partial charge >= 0.3 is 0 Å². The number of thioether (sulfide) groups is 1. The van der Waals surface area contributed by atoms with Crippen molar-refractivity contribution in [3.8, 4) is 0 Å². The van der Waals surface area contributed by atoms with Gasteiger partial charge in [0.2, 0.25) is 5.91 Å². The van der Waals surface area contributed by atoms with Crippen molar-refractivity contribution in [3.63, 3.8) is 0 Å². The summed E-state index contributed by atoms with van der Waals surface area (Å²) in [6.07, 6.45) is 0. The fourth-order valence-corrected chi connectivity index (χ4v) is 2.26. The van der Waals surface area contributed by atoms with Gasteiger partial charge in [-0.05, 0) is 37.1 Å². The molecule has 1 aromatic rings. The van der Waals surface area contributed by atoms with E-state index in [1.165, 1.54) is 11.8 Å². The molecular weight excluding hydrogens is 264 g/mol. The Kier molecular flexibility index (Phi) is 5.62. The van der Waals surface area contributed by atoms with Crippen LogP contribution in [0.3, 0.4) is 0 Å². The number of carbonyl (C=O) groups excluding carboxylic acids is 1. The number of nitrogens with one attached hydrogen (secondary N) is 1. The van der Waals surface area contributed by atoms with Crippen molar-refractivity contribution < 1.29 is 4.79 Å². The molecule has 1 rings (SSSR count). The molecular formula is C13H18N2OS2. The first-order valence-corrected chi connectivity index (χ1v) is 7.00. The van der Waals surface area contributed by atoms with Crippen LogP contribution in [0.15, 0.2) is 18.2 Å². The smallest absolute Gasteiger partial charge is 0.234 e. The van der Waals surface area contributed by atoms with E-state index < -0.39 is 0 Å². The Balaban J connectivity index is 2.52. The highest BCUT2D eigenvalue weighted by molar-refractivity contribution is 8.23. The normalized spacial score (nSPS) is 10.0. The van der Waals surface area contributed by atoms with Gasteiger partial charge in [-0.1, -0.05) is 30.0 Å². The zero-order valence-electron chi connectivity index (χ0n) is 11.1. The number of hydrogen-bond acceptors (Lipinski definition) is 3. The molecule has 0 bridgehead atoms. The molecule has 0 heterocycles. The Morgan fingerprint density at radius 1 is 1.28 bits per heavy atom. The number of hydrogen-bond donors (Lipinski definition) is 1. The van der Waals surface area contributed by atoms with E-state index in [1.54, 1.807) is 0 Å². The summed E-state index contributed by atoms with van der Waals surface area (Å²) in [5.41, 5.74) is 3.12. The quantitative estimate of drug-likeness (QED) is 0.864. The summed E-state index contributed by atoms with van der Waals surface area (Å²) in [5.74, 6) is 0.304. The maximum absolute atomic E-state index is 11.8. The summed E-state index contributed by atoms with van der Waals surface area (Å²) >= 11 is 6.48. The van der Waals surface area contributed by atoms with Gasteiger partial charge in [-0.15, -0.1) is 0 Å². The molecule has 1 N–H and O–H groups in total. The second-order valence-corrected chi connectivity index (χ2v) is 5.98. The van der Waals surface area contributed by atoms with Gasteiger partial charge in [-0.3, -0.25) is 4.79 Å². The maximum atomic E-state index is 11.8. The maximum Gasteiger partial charge on any atom is 0.234 e. The van der Waals surface area contributed by atoms with Gasteiger partial charge in [0.1, 0.15) is 4.32 Å². The summed E-state index contributed by atoms with van der Waals surface area (Å²) in [4.78, 5) is 13.6. The summed E-state index contributed by atoms with van der Waals surface area (Å²) < 4.78 is 0.713. The van der Waals surface area contributed by atoms with Gasteiger partial charge in [0.05, 0.1) is 5.75 Å². The number of rotatable bonds is 3. The van der Waals surface area contributed by atoms with Crippen molar-refractivity contribution in [1.29, 1.82) is 0 Å². The van der Waals surface area contributed by atoms with Gasteiger partial charge in [-0.2, -0.15) is 0 Å². The number of benzene rings is 1. The summed E-state index contributed by atoms with van der Waals surface area (Å²) in [6, 6.07) is 5.99. The van der Waals surface area contributed by atoms with Crippen molar-refractivity contribution >= 4 is 39.9 Å². The topological polar surface area (TPSA) is 32.3 Å². The first-order chi connectivity index (χ1) is 8.38. The van der Waals surface area contributed by atoms with E-state index in [4.69, 9.17) is 12.2 Å². The van der Waals surface area contributed by atoms with E-state index in [0.717, 1.165) is 16.8 Å². The molecule has 0 atom stereocenters. The van der Waals surface area contributed by atoms with E-state index in [1.807, 2.05) is 45.0 Å². The van der Waals surface area contributed by atoms with E-state index in [0.29, 0.717) is 10.1 Å². The van der Waals surface area contributed by atoms with Crippen LogP contribution in [0.4, 0.5) is 5.69 Å². The number of thiocarbonyl (C=S) groups is 1. The van der Waals surface area contributed by atoms with Crippen LogP contribution in [0.5, 0.6) is 0 Å². The van der Waals surface area contributed by atoms with Gasteiger partial charge in [-0.25, -0.2) is 0 Å². The first kappa shape index (κ1) is 15.0. The fraction of sp³-hybridized carbons (Fsp3) is 0.385. The molecule has 18 heavy (non-hydrogen) atoms.